The van der Waals surface area contributed by atoms with Crippen LogP contribution in [-0.2, 0) is 0 Å². The van der Waals surface area contributed by atoms with E-state index in [1.54, 1.807) is 30.3 Å². The first-order chi connectivity index (χ1) is 11.7. The molecule has 1 fully saturated rings. The van der Waals surface area contributed by atoms with Crippen LogP contribution in [0.1, 0.15) is 43.1 Å². The lowest BCUT2D eigenvalue weighted by molar-refractivity contribution is 0.102. The summed E-state index contributed by atoms with van der Waals surface area (Å²) in [6.07, 6.45) is 6.69. The number of piperidine rings is 1. The molecular weight excluding hydrogens is 322 g/mol. The molecular formula is C19H22ClN3O. The minimum atomic E-state index is -0.213. The molecule has 1 aromatic heterocycles. The average Bonchev–Trinajstić information content (AvgIpc) is 2.63. The van der Waals surface area contributed by atoms with Crippen LogP contribution in [0.4, 0.5) is 11.4 Å². The SMILES string of the molecule is CCC1CCCCN1c1ccc(C(=O)Nc2ccc(Cl)cc2)nc1. The fourth-order valence-corrected chi connectivity index (χ4v) is 3.31. The van der Waals surface area contributed by atoms with E-state index in [0.717, 1.165) is 18.7 Å². The van der Waals surface area contributed by atoms with Gasteiger partial charge in [0, 0.05) is 23.3 Å². The Morgan fingerprint density at radius 2 is 2.04 bits per heavy atom. The van der Waals surface area contributed by atoms with E-state index in [1.807, 2.05) is 12.3 Å². The maximum atomic E-state index is 12.3. The topological polar surface area (TPSA) is 45.2 Å². The molecule has 1 aliphatic heterocycles. The number of hydrogen-bond donors (Lipinski definition) is 1. The van der Waals surface area contributed by atoms with Crippen LogP contribution in [-0.4, -0.2) is 23.5 Å². The lowest BCUT2D eigenvalue weighted by Crippen LogP contribution is -2.39. The Morgan fingerprint density at radius 1 is 1.25 bits per heavy atom. The number of benzene rings is 1. The average molecular weight is 344 g/mol. The fraction of sp³-hybridized carbons (Fsp3) is 0.368. The van der Waals surface area contributed by atoms with Gasteiger partial charge in [0.25, 0.3) is 5.91 Å². The van der Waals surface area contributed by atoms with Crippen molar-refractivity contribution in [3.8, 4) is 0 Å². The van der Waals surface area contributed by atoms with Crippen molar-refractivity contribution < 1.29 is 4.79 Å². The molecule has 1 atom stereocenters. The molecule has 126 valence electrons. The maximum absolute atomic E-state index is 12.3. The van der Waals surface area contributed by atoms with Crippen LogP contribution >= 0.6 is 11.6 Å². The molecule has 1 aliphatic rings. The minimum absolute atomic E-state index is 0.213. The van der Waals surface area contributed by atoms with Crippen molar-refractivity contribution in [1.82, 2.24) is 4.98 Å². The van der Waals surface area contributed by atoms with Gasteiger partial charge in [0.2, 0.25) is 0 Å². The van der Waals surface area contributed by atoms with Crippen LogP contribution < -0.4 is 10.2 Å². The maximum Gasteiger partial charge on any atom is 0.274 e. The Bertz CT molecular complexity index is 685. The number of halogens is 1. The molecule has 1 aromatic carbocycles. The van der Waals surface area contributed by atoms with E-state index in [0.29, 0.717) is 22.4 Å². The Morgan fingerprint density at radius 3 is 2.71 bits per heavy atom. The molecule has 0 radical (unpaired) electrons. The van der Waals surface area contributed by atoms with Gasteiger partial charge in [-0.2, -0.15) is 0 Å². The molecule has 3 rings (SSSR count). The van der Waals surface area contributed by atoms with E-state index in [9.17, 15) is 4.79 Å². The first kappa shape index (κ1) is 16.8. The second-order valence-electron chi connectivity index (χ2n) is 6.11. The summed E-state index contributed by atoms with van der Waals surface area (Å²) in [5.74, 6) is -0.213. The highest BCUT2D eigenvalue weighted by atomic mass is 35.5. The monoisotopic (exact) mass is 343 g/mol. The van der Waals surface area contributed by atoms with Gasteiger partial charge in [-0.1, -0.05) is 18.5 Å². The largest absolute Gasteiger partial charge is 0.367 e. The van der Waals surface area contributed by atoms with Crippen molar-refractivity contribution in [3.05, 3.63) is 53.3 Å². The lowest BCUT2D eigenvalue weighted by atomic mass is 9.99. The molecule has 1 saturated heterocycles. The number of aromatic nitrogens is 1. The number of carbonyl (C=O) groups excluding carboxylic acids is 1. The van der Waals surface area contributed by atoms with E-state index in [1.165, 1.54) is 19.3 Å². The zero-order chi connectivity index (χ0) is 16.9. The van der Waals surface area contributed by atoms with Crippen molar-refractivity contribution in [3.63, 3.8) is 0 Å². The third-order valence-corrected chi connectivity index (χ3v) is 4.76. The summed E-state index contributed by atoms with van der Waals surface area (Å²) in [5.41, 5.74) is 2.22. The van der Waals surface area contributed by atoms with Gasteiger partial charge in [0.05, 0.1) is 11.9 Å². The normalized spacial score (nSPS) is 17.6. The quantitative estimate of drug-likeness (QED) is 0.870. The van der Waals surface area contributed by atoms with E-state index in [-0.39, 0.29) is 5.91 Å². The Balaban J connectivity index is 1.69. The van der Waals surface area contributed by atoms with Gasteiger partial charge < -0.3 is 10.2 Å². The summed E-state index contributed by atoms with van der Waals surface area (Å²) in [5, 5.41) is 3.47. The molecule has 0 saturated carbocycles. The van der Waals surface area contributed by atoms with Crippen molar-refractivity contribution in [2.45, 2.75) is 38.6 Å². The fourth-order valence-electron chi connectivity index (χ4n) is 3.18. The number of anilines is 2. The highest BCUT2D eigenvalue weighted by Crippen LogP contribution is 2.26. The first-order valence-electron chi connectivity index (χ1n) is 8.47. The number of rotatable bonds is 4. The predicted molar refractivity (Wildman–Crippen MR) is 98.9 cm³/mol. The first-order valence-corrected chi connectivity index (χ1v) is 8.85. The van der Waals surface area contributed by atoms with Gasteiger partial charge in [-0.25, -0.2) is 4.98 Å². The van der Waals surface area contributed by atoms with E-state index >= 15 is 0 Å². The van der Waals surface area contributed by atoms with Gasteiger partial charge in [-0.05, 0) is 62.1 Å². The molecule has 2 aromatic rings. The molecule has 0 aliphatic carbocycles. The molecule has 0 spiro atoms. The molecule has 5 heteroatoms. The van der Waals surface area contributed by atoms with Gasteiger partial charge in [0.15, 0.2) is 0 Å². The summed E-state index contributed by atoms with van der Waals surface area (Å²) in [7, 11) is 0. The molecule has 1 N–H and O–H groups in total. The summed E-state index contributed by atoms with van der Waals surface area (Å²) in [4.78, 5) is 19.1. The number of nitrogens with one attached hydrogen (secondary N) is 1. The third-order valence-electron chi connectivity index (χ3n) is 4.51. The van der Waals surface area contributed by atoms with Crippen molar-refractivity contribution in [2.24, 2.45) is 0 Å². The molecule has 24 heavy (non-hydrogen) atoms. The van der Waals surface area contributed by atoms with E-state index < -0.39 is 0 Å². The minimum Gasteiger partial charge on any atom is -0.367 e. The van der Waals surface area contributed by atoms with Crippen molar-refractivity contribution in [2.75, 3.05) is 16.8 Å². The van der Waals surface area contributed by atoms with Gasteiger partial charge in [-0.15, -0.1) is 0 Å². The summed E-state index contributed by atoms with van der Waals surface area (Å²) in [6.45, 7) is 3.29. The molecule has 1 amide bonds. The summed E-state index contributed by atoms with van der Waals surface area (Å²) < 4.78 is 0. The van der Waals surface area contributed by atoms with Gasteiger partial charge >= 0.3 is 0 Å². The van der Waals surface area contributed by atoms with Crippen LogP contribution in [0.25, 0.3) is 0 Å². The molecule has 0 bridgehead atoms. The van der Waals surface area contributed by atoms with Crippen LogP contribution in [0.2, 0.25) is 5.02 Å². The Labute approximate surface area is 147 Å². The van der Waals surface area contributed by atoms with E-state index in [4.69, 9.17) is 11.6 Å². The Hall–Kier alpha value is -2.07. The number of carbonyl (C=O) groups is 1. The Kier molecular flexibility index (Phi) is 5.36. The van der Waals surface area contributed by atoms with Crippen LogP contribution in [0.5, 0.6) is 0 Å². The highest BCUT2D eigenvalue weighted by molar-refractivity contribution is 6.30. The summed E-state index contributed by atoms with van der Waals surface area (Å²) >= 11 is 5.85. The number of amides is 1. The standard InChI is InChI=1S/C19H22ClN3O/c1-2-16-5-3-4-12-23(16)17-10-11-18(21-13-17)19(24)22-15-8-6-14(20)7-9-15/h6-11,13,16H,2-5,12H2,1H3,(H,22,24). The number of nitrogens with zero attached hydrogens (tertiary/aromatic N) is 2. The zero-order valence-electron chi connectivity index (χ0n) is 13.8. The predicted octanol–water partition coefficient (Wildman–Crippen LogP) is 4.76. The number of pyridine rings is 1. The van der Waals surface area contributed by atoms with Crippen LogP contribution in [0, 0.1) is 0 Å². The molecule has 4 nitrogen and oxygen atoms in total. The highest BCUT2D eigenvalue weighted by Gasteiger charge is 2.21. The smallest absolute Gasteiger partial charge is 0.274 e. The summed E-state index contributed by atoms with van der Waals surface area (Å²) in [6, 6.07) is 11.4. The molecule has 2 heterocycles. The van der Waals surface area contributed by atoms with Gasteiger partial charge in [-0.3, -0.25) is 4.79 Å². The third kappa shape index (κ3) is 3.88. The second-order valence-corrected chi connectivity index (χ2v) is 6.55. The molecule has 1 unspecified atom stereocenters. The second kappa shape index (κ2) is 7.67. The van der Waals surface area contributed by atoms with Crippen LogP contribution in [0.3, 0.4) is 0 Å². The lowest BCUT2D eigenvalue weighted by Gasteiger charge is -2.37. The number of hydrogen-bond acceptors (Lipinski definition) is 3. The van der Waals surface area contributed by atoms with Crippen molar-refractivity contribution in [1.29, 1.82) is 0 Å². The van der Waals surface area contributed by atoms with Crippen molar-refractivity contribution >= 4 is 28.9 Å². The zero-order valence-corrected chi connectivity index (χ0v) is 14.6. The van der Waals surface area contributed by atoms with E-state index in [2.05, 4.69) is 22.1 Å². The van der Waals surface area contributed by atoms with Gasteiger partial charge in [0.1, 0.15) is 5.69 Å². The van der Waals surface area contributed by atoms with Crippen LogP contribution in [0.15, 0.2) is 42.6 Å².